The standard InChI is InChI=1S/C13H17O2/c1-3-6-10(2)13-14-9-11-7-4-5-8-12(11)15-13/h4-5,7-8,10,13H,1,3,6,9H2,2H3. The molecule has 1 heterocycles. The van der Waals surface area contributed by atoms with Crippen LogP contribution >= 0.6 is 0 Å². The van der Waals surface area contributed by atoms with Crippen LogP contribution < -0.4 is 4.74 Å². The molecule has 0 fully saturated rings. The van der Waals surface area contributed by atoms with Crippen LogP contribution in [0.1, 0.15) is 25.3 Å². The van der Waals surface area contributed by atoms with Crippen molar-refractivity contribution in [3.63, 3.8) is 0 Å². The summed E-state index contributed by atoms with van der Waals surface area (Å²) in [5, 5.41) is 0. The van der Waals surface area contributed by atoms with Crippen molar-refractivity contribution in [2.75, 3.05) is 0 Å². The molecule has 15 heavy (non-hydrogen) atoms. The second-order valence-electron chi connectivity index (χ2n) is 4.02. The average Bonchev–Trinajstić information content (AvgIpc) is 2.29. The van der Waals surface area contributed by atoms with Crippen LogP contribution in [0.3, 0.4) is 0 Å². The van der Waals surface area contributed by atoms with E-state index in [1.54, 1.807) is 0 Å². The summed E-state index contributed by atoms with van der Waals surface area (Å²) in [7, 11) is 0. The van der Waals surface area contributed by atoms with Gasteiger partial charge in [-0.2, -0.15) is 0 Å². The first-order chi connectivity index (χ1) is 7.31. The van der Waals surface area contributed by atoms with Gasteiger partial charge < -0.3 is 9.47 Å². The molecule has 2 rings (SSSR count). The zero-order valence-corrected chi connectivity index (χ0v) is 9.11. The maximum Gasteiger partial charge on any atom is 0.202 e. The molecule has 0 N–H and O–H groups in total. The Hall–Kier alpha value is -1.02. The average molecular weight is 205 g/mol. The molecule has 1 radical (unpaired) electrons. The molecule has 0 bridgehead atoms. The molecule has 1 aromatic carbocycles. The Bertz CT molecular complexity index is 322. The van der Waals surface area contributed by atoms with Crippen molar-refractivity contribution in [2.45, 2.75) is 32.7 Å². The van der Waals surface area contributed by atoms with Gasteiger partial charge in [0.25, 0.3) is 0 Å². The topological polar surface area (TPSA) is 18.5 Å². The van der Waals surface area contributed by atoms with Crippen LogP contribution in [0, 0.1) is 12.8 Å². The summed E-state index contributed by atoms with van der Waals surface area (Å²) in [6.07, 6.45) is 1.85. The highest BCUT2D eigenvalue weighted by Crippen LogP contribution is 2.29. The fourth-order valence-corrected chi connectivity index (χ4v) is 1.81. The summed E-state index contributed by atoms with van der Waals surface area (Å²) in [5.41, 5.74) is 1.13. The predicted molar refractivity (Wildman–Crippen MR) is 59.4 cm³/mol. The largest absolute Gasteiger partial charge is 0.464 e. The molecule has 1 aliphatic heterocycles. The van der Waals surface area contributed by atoms with Crippen LogP contribution in [0.2, 0.25) is 0 Å². The molecule has 1 aromatic rings. The minimum Gasteiger partial charge on any atom is -0.464 e. The molecular weight excluding hydrogens is 188 g/mol. The second-order valence-corrected chi connectivity index (χ2v) is 4.02. The van der Waals surface area contributed by atoms with Crippen molar-refractivity contribution in [1.29, 1.82) is 0 Å². The molecule has 0 aliphatic carbocycles. The highest BCUT2D eigenvalue weighted by atomic mass is 16.7. The summed E-state index contributed by atoms with van der Waals surface area (Å²) in [5.74, 6) is 1.36. The van der Waals surface area contributed by atoms with Gasteiger partial charge in [-0.3, -0.25) is 0 Å². The molecule has 2 atom stereocenters. The number of hydrogen-bond acceptors (Lipinski definition) is 2. The van der Waals surface area contributed by atoms with Gasteiger partial charge in [-0.25, -0.2) is 0 Å². The van der Waals surface area contributed by atoms with Gasteiger partial charge >= 0.3 is 0 Å². The Labute approximate surface area is 91.2 Å². The highest BCUT2D eigenvalue weighted by Gasteiger charge is 2.24. The van der Waals surface area contributed by atoms with Crippen molar-refractivity contribution in [2.24, 2.45) is 5.92 Å². The Balaban J connectivity index is 2.05. The summed E-state index contributed by atoms with van der Waals surface area (Å²) >= 11 is 0. The van der Waals surface area contributed by atoms with Crippen molar-refractivity contribution in [1.82, 2.24) is 0 Å². The molecule has 2 heteroatoms. The van der Waals surface area contributed by atoms with Gasteiger partial charge in [-0.05, 0) is 12.5 Å². The minimum absolute atomic E-state index is 0.110. The van der Waals surface area contributed by atoms with E-state index in [0.717, 1.165) is 24.2 Å². The maximum absolute atomic E-state index is 5.80. The third-order valence-corrected chi connectivity index (χ3v) is 2.74. The lowest BCUT2D eigenvalue weighted by Crippen LogP contribution is -2.31. The van der Waals surface area contributed by atoms with Gasteiger partial charge in [-0.15, -0.1) is 0 Å². The SMILES string of the molecule is [CH2]CCC(C)C1OCc2ccccc2O1. The van der Waals surface area contributed by atoms with Gasteiger partial charge in [-0.1, -0.05) is 38.5 Å². The Morgan fingerprint density at radius 1 is 1.47 bits per heavy atom. The van der Waals surface area contributed by atoms with Crippen LogP contribution in [0.4, 0.5) is 0 Å². The number of rotatable bonds is 3. The first-order valence-corrected chi connectivity index (χ1v) is 5.46. The smallest absolute Gasteiger partial charge is 0.202 e. The third-order valence-electron chi connectivity index (χ3n) is 2.74. The monoisotopic (exact) mass is 205 g/mol. The van der Waals surface area contributed by atoms with Crippen LogP contribution in [-0.2, 0) is 11.3 Å². The van der Waals surface area contributed by atoms with Crippen molar-refractivity contribution < 1.29 is 9.47 Å². The van der Waals surface area contributed by atoms with E-state index < -0.39 is 0 Å². The molecule has 0 amide bonds. The quantitative estimate of drug-likeness (QED) is 0.754. The molecule has 0 aromatic heterocycles. The lowest BCUT2D eigenvalue weighted by atomic mass is 10.0. The van der Waals surface area contributed by atoms with E-state index in [0.29, 0.717) is 12.5 Å². The Morgan fingerprint density at radius 2 is 2.27 bits per heavy atom. The van der Waals surface area contributed by atoms with E-state index in [1.807, 2.05) is 24.3 Å². The van der Waals surface area contributed by atoms with E-state index >= 15 is 0 Å². The van der Waals surface area contributed by atoms with Crippen LogP contribution in [0.15, 0.2) is 24.3 Å². The molecule has 2 unspecified atom stereocenters. The summed E-state index contributed by atoms with van der Waals surface area (Å²) in [4.78, 5) is 0. The Morgan fingerprint density at radius 3 is 3.07 bits per heavy atom. The number of ether oxygens (including phenoxy) is 2. The van der Waals surface area contributed by atoms with E-state index in [-0.39, 0.29) is 6.29 Å². The second kappa shape index (κ2) is 4.67. The highest BCUT2D eigenvalue weighted by molar-refractivity contribution is 5.33. The van der Waals surface area contributed by atoms with Crippen molar-refractivity contribution in [3.8, 4) is 5.75 Å². The van der Waals surface area contributed by atoms with Gasteiger partial charge in [0, 0.05) is 11.5 Å². The zero-order valence-electron chi connectivity index (χ0n) is 9.11. The maximum atomic E-state index is 5.80. The van der Waals surface area contributed by atoms with Crippen LogP contribution in [0.5, 0.6) is 5.75 Å². The number of para-hydroxylation sites is 1. The summed E-state index contributed by atoms with van der Waals surface area (Å²) in [6, 6.07) is 8.04. The van der Waals surface area contributed by atoms with Gasteiger partial charge in [0.05, 0.1) is 6.61 Å². The first-order valence-electron chi connectivity index (χ1n) is 5.46. The molecule has 0 spiro atoms. The van der Waals surface area contributed by atoms with E-state index in [9.17, 15) is 0 Å². The van der Waals surface area contributed by atoms with Crippen LogP contribution in [0.25, 0.3) is 0 Å². The summed E-state index contributed by atoms with van der Waals surface area (Å²) in [6.45, 7) is 6.65. The minimum atomic E-state index is -0.110. The van der Waals surface area contributed by atoms with Crippen molar-refractivity contribution in [3.05, 3.63) is 36.8 Å². The molecule has 81 valence electrons. The number of hydrogen-bond donors (Lipinski definition) is 0. The van der Waals surface area contributed by atoms with Crippen LogP contribution in [-0.4, -0.2) is 6.29 Å². The molecule has 1 aliphatic rings. The first kappa shape index (κ1) is 10.5. The van der Waals surface area contributed by atoms with Gasteiger partial charge in [0.1, 0.15) is 5.75 Å². The molecule has 0 saturated heterocycles. The zero-order chi connectivity index (χ0) is 10.7. The van der Waals surface area contributed by atoms with E-state index in [2.05, 4.69) is 13.8 Å². The summed E-state index contributed by atoms with van der Waals surface area (Å²) < 4.78 is 11.5. The number of benzene rings is 1. The molecule has 0 saturated carbocycles. The van der Waals surface area contributed by atoms with E-state index in [1.165, 1.54) is 0 Å². The molecular formula is C13H17O2. The fourth-order valence-electron chi connectivity index (χ4n) is 1.81. The number of fused-ring (bicyclic) bond motifs is 1. The molecule has 2 nitrogen and oxygen atoms in total. The normalized spacial score (nSPS) is 21.6. The lowest BCUT2D eigenvalue weighted by molar-refractivity contribution is -0.137. The van der Waals surface area contributed by atoms with E-state index in [4.69, 9.17) is 9.47 Å². The predicted octanol–water partition coefficient (Wildman–Crippen LogP) is 3.17. The lowest BCUT2D eigenvalue weighted by Gasteiger charge is -2.30. The van der Waals surface area contributed by atoms with Gasteiger partial charge in [0.2, 0.25) is 6.29 Å². The van der Waals surface area contributed by atoms with Crippen molar-refractivity contribution >= 4 is 0 Å². The van der Waals surface area contributed by atoms with Gasteiger partial charge in [0.15, 0.2) is 0 Å². The fraction of sp³-hybridized carbons (Fsp3) is 0.462. The Kier molecular flexibility index (Phi) is 3.27. The third kappa shape index (κ3) is 2.32.